The molecule has 1 aliphatic carbocycles. The predicted molar refractivity (Wildman–Crippen MR) is 74.3 cm³/mol. The molecule has 1 saturated carbocycles. The van der Waals surface area contributed by atoms with E-state index < -0.39 is 11.4 Å². The third-order valence-corrected chi connectivity index (χ3v) is 4.89. The molecule has 0 aromatic rings. The van der Waals surface area contributed by atoms with Crippen LogP contribution < -0.4 is 5.32 Å². The highest BCUT2D eigenvalue weighted by Crippen LogP contribution is 2.31. The van der Waals surface area contributed by atoms with Crippen molar-refractivity contribution >= 4 is 11.9 Å². The number of hydrogen-bond donors (Lipinski definition) is 2. The van der Waals surface area contributed by atoms with Gasteiger partial charge < -0.3 is 15.2 Å². The normalized spacial score (nSPS) is 29.6. The number of amides is 1. The molecule has 5 nitrogen and oxygen atoms in total. The lowest BCUT2D eigenvalue weighted by atomic mass is 9.79. The van der Waals surface area contributed by atoms with Crippen molar-refractivity contribution in [2.45, 2.75) is 45.4 Å². The van der Waals surface area contributed by atoms with Crippen LogP contribution in [0, 0.1) is 17.3 Å². The summed E-state index contributed by atoms with van der Waals surface area (Å²) in [5, 5.41) is 12.3. The molecule has 20 heavy (non-hydrogen) atoms. The van der Waals surface area contributed by atoms with Gasteiger partial charge in [-0.05, 0) is 44.4 Å². The maximum Gasteiger partial charge on any atom is 0.311 e. The summed E-state index contributed by atoms with van der Waals surface area (Å²) in [6, 6.07) is 0. The van der Waals surface area contributed by atoms with Gasteiger partial charge in [0.25, 0.3) is 0 Å². The lowest BCUT2D eigenvalue weighted by Crippen LogP contribution is -2.48. The lowest BCUT2D eigenvalue weighted by Gasteiger charge is -2.34. The maximum atomic E-state index is 12.2. The van der Waals surface area contributed by atoms with E-state index in [1.807, 2.05) is 0 Å². The van der Waals surface area contributed by atoms with Gasteiger partial charge in [-0.2, -0.15) is 0 Å². The van der Waals surface area contributed by atoms with Crippen LogP contribution in [-0.4, -0.2) is 36.7 Å². The van der Waals surface area contributed by atoms with Crippen molar-refractivity contribution < 1.29 is 19.4 Å². The summed E-state index contributed by atoms with van der Waals surface area (Å²) in [6.07, 6.45) is 4.99. The molecule has 1 amide bonds. The Morgan fingerprint density at radius 2 is 1.80 bits per heavy atom. The number of ether oxygens (including phenoxy) is 1. The SMILES string of the molecule is CC1CCC(C(=O)NCC2(C(=O)O)CCOCC2)CC1. The summed E-state index contributed by atoms with van der Waals surface area (Å²) in [5.41, 5.74) is -0.837. The van der Waals surface area contributed by atoms with Gasteiger partial charge in [0.05, 0.1) is 5.41 Å². The number of carboxylic acid groups (broad SMARTS) is 1. The minimum atomic E-state index is -0.837. The molecule has 0 radical (unpaired) electrons. The van der Waals surface area contributed by atoms with Crippen LogP contribution in [0.1, 0.15) is 45.4 Å². The fourth-order valence-electron chi connectivity index (χ4n) is 3.15. The van der Waals surface area contributed by atoms with E-state index in [-0.39, 0.29) is 18.4 Å². The molecule has 2 aliphatic rings. The van der Waals surface area contributed by atoms with Crippen LogP contribution in [-0.2, 0) is 14.3 Å². The van der Waals surface area contributed by atoms with Gasteiger partial charge in [0.15, 0.2) is 0 Å². The minimum Gasteiger partial charge on any atom is -0.481 e. The van der Waals surface area contributed by atoms with Gasteiger partial charge in [0, 0.05) is 25.7 Å². The van der Waals surface area contributed by atoms with E-state index >= 15 is 0 Å². The number of rotatable bonds is 4. The second kappa shape index (κ2) is 6.57. The van der Waals surface area contributed by atoms with Crippen LogP contribution in [0.4, 0.5) is 0 Å². The summed E-state index contributed by atoms with van der Waals surface area (Å²) in [5.74, 6) is -0.0147. The number of hydrogen-bond acceptors (Lipinski definition) is 3. The minimum absolute atomic E-state index is 0.0315. The van der Waals surface area contributed by atoms with Crippen molar-refractivity contribution in [3.63, 3.8) is 0 Å². The van der Waals surface area contributed by atoms with Crippen LogP contribution in [0.2, 0.25) is 0 Å². The van der Waals surface area contributed by atoms with E-state index in [2.05, 4.69) is 12.2 Å². The van der Waals surface area contributed by atoms with Crippen molar-refractivity contribution in [1.29, 1.82) is 0 Å². The number of nitrogens with one attached hydrogen (secondary N) is 1. The molecule has 1 saturated heterocycles. The standard InChI is InChI=1S/C15H25NO4/c1-11-2-4-12(5-3-11)13(17)16-10-15(14(18)19)6-8-20-9-7-15/h11-12H,2-10H2,1H3,(H,16,17)(H,18,19). The maximum absolute atomic E-state index is 12.2. The molecule has 5 heteroatoms. The Hall–Kier alpha value is -1.10. The summed E-state index contributed by atoms with van der Waals surface area (Å²) in [4.78, 5) is 23.7. The Kier molecular flexibility index (Phi) is 5.02. The molecule has 2 rings (SSSR count). The number of aliphatic carboxylic acids is 1. The summed E-state index contributed by atoms with van der Waals surface area (Å²) in [7, 11) is 0. The molecular formula is C15H25NO4. The molecule has 0 atom stereocenters. The molecule has 2 fully saturated rings. The first-order valence-corrected chi connectivity index (χ1v) is 7.62. The van der Waals surface area contributed by atoms with Crippen LogP contribution in [0.25, 0.3) is 0 Å². The Bertz CT molecular complexity index is 355. The van der Waals surface area contributed by atoms with Crippen LogP contribution >= 0.6 is 0 Å². The van der Waals surface area contributed by atoms with Crippen LogP contribution in [0.5, 0.6) is 0 Å². The van der Waals surface area contributed by atoms with E-state index in [4.69, 9.17) is 4.74 Å². The third-order valence-electron chi connectivity index (χ3n) is 4.89. The smallest absolute Gasteiger partial charge is 0.311 e. The number of carbonyl (C=O) groups excluding carboxylic acids is 1. The largest absolute Gasteiger partial charge is 0.481 e. The fourth-order valence-corrected chi connectivity index (χ4v) is 3.15. The topological polar surface area (TPSA) is 75.6 Å². The molecule has 0 spiro atoms. The van der Waals surface area contributed by atoms with Crippen molar-refractivity contribution in [3.05, 3.63) is 0 Å². The van der Waals surface area contributed by atoms with Gasteiger partial charge in [-0.3, -0.25) is 9.59 Å². The van der Waals surface area contributed by atoms with E-state index in [9.17, 15) is 14.7 Å². The lowest BCUT2D eigenvalue weighted by molar-refractivity contribution is -0.154. The molecule has 1 heterocycles. The van der Waals surface area contributed by atoms with Gasteiger partial charge >= 0.3 is 5.97 Å². The van der Waals surface area contributed by atoms with E-state index in [1.165, 1.54) is 0 Å². The molecule has 0 aromatic heterocycles. The Morgan fingerprint density at radius 3 is 2.35 bits per heavy atom. The highest BCUT2D eigenvalue weighted by Gasteiger charge is 2.40. The van der Waals surface area contributed by atoms with Crippen molar-refractivity contribution in [3.8, 4) is 0 Å². The first kappa shape index (κ1) is 15.3. The molecule has 0 unspecified atom stereocenters. The number of carboxylic acids is 1. The van der Waals surface area contributed by atoms with Crippen molar-refractivity contribution in [1.82, 2.24) is 5.32 Å². The third kappa shape index (κ3) is 3.51. The van der Waals surface area contributed by atoms with Crippen LogP contribution in [0.15, 0.2) is 0 Å². The number of carbonyl (C=O) groups is 2. The van der Waals surface area contributed by atoms with E-state index in [0.717, 1.165) is 25.7 Å². The Morgan fingerprint density at radius 1 is 1.20 bits per heavy atom. The molecule has 0 bridgehead atoms. The first-order chi connectivity index (χ1) is 9.53. The van der Waals surface area contributed by atoms with Gasteiger partial charge in [-0.25, -0.2) is 0 Å². The van der Waals surface area contributed by atoms with Crippen LogP contribution in [0.3, 0.4) is 0 Å². The molecular weight excluding hydrogens is 258 g/mol. The summed E-state index contributed by atoms with van der Waals surface area (Å²) < 4.78 is 5.23. The zero-order valence-electron chi connectivity index (χ0n) is 12.2. The average Bonchev–Trinajstić information content (AvgIpc) is 2.46. The highest BCUT2D eigenvalue weighted by atomic mass is 16.5. The monoisotopic (exact) mass is 283 g/mol. The first-order valence-electron chi connectivity index (χ1n) is 7.62. The van der Waals surface area contributed by atoms with Gasteiger partial charge in [-0.1, -0.05) is 6.92 Å². The zero-order valence-corrected chi connectivity index (χ0v) is 12.2. The van der Waals surface area contributed by atoms with E-state index in [0.29, 0.717) is 32.0 Å². The predicted octanol–water partition coefficient (Wildman–Crippen LogP) is 1.81. The van der Waals surface area contributed by atoms with Gasteiger partial charge in [-0.15, -0.1) is 0 Å². The Labute approximate surface area is 120 Å². The summed E-state index contributed by atoms with van der Waals surface area (Å²) in [6.45, 7) is 3.37. The second-order valence-corrected chi connectivity index (χ2v) is 6.37. The quantitative estimate of drug-likeness (QED) is 0.825. The summed E-state index contributed by atoms with van der Waals surface area (Å²) >= 11 is 0. The Balaban J connectivity index is 1.86. The average molecular weight is 283 g/mol. The van der Waals surface area contributed by atoms with Gasteiger partial charge in [0.1, 0.15) is 0 Å². The van der Waals surface area contributed by atoms with E-state index in [1.54, 1.807) is 0 Å². The second-order valence-electron chi connectivity index (χ2n) is 6.37. The molecule has 2 N–H and O–H groups in total. The fraction of sp³-hybridized carbons (Fsp3) is 0.867. The van der Waals surface area contributed by atoms with Crippen molar-refractivity contribution in [2.75, 3.05) is 19.8 Å². The highest BCUT2D eigenvalue weighted by molar-refractivity contribution is 5.80. The van der Waals surface area contributed by atoms with Crippen molar-refractivity contribution in [2.24, 2.45) is 17.3 Å². The molecule has 0 aromatic carbocycles. The van der Waals surface area contributed by atoms with Gasteiger partial charge in [0.2, 0.25) is 5.91 Å². The molecule has 114 valence electrons. The zero-order chi connectivity index (χ0) is 14.6. The molecule has 1 aliphatic heterocycles.